The van der Waals surface area contributed by atoms with E-state index in [-0.39, 0.29) is 19.1 Å². The predicted molar refractivity (Wildman–Crippen MR) is 105 cm³/mol. The molecule has 0 bridgehead atoms. The largest absolute Gasteiger partial charge is 0.507 e. The van der Waals surface area contributed by atoms with Gasteiger partial charge in [0.05, 0.1) is 6.21 Å². The Hall–Kier alpha value is -3.42. The molecule has 0 saturated carbocycles. The molecule has 8 nitrogen and oxygen atoms in total. The number of hydrogen-bond donors (Lipinski definition) is 2. The number of ether oxygens (including phenoxy) is 3. The molecule has 1 heterocycles. The van der Waals surface area contributed by atoms with Gasteiger partial charge in [-0.1, -0.05) is 0 Å². The number of phenolic OH excluding ortho intramolecular Hbond substituents is 1. The third-order valence-electron chi connectivity index (χ3n) is 4.25. The summed E-state index contributed by atoms with van der Waals surface area (Å²) in [6, 6.07) is 10.4. The van der Waals surface area contributed by atoms with E-state index in [1.807, 2.05) is 6.07 Å². The number of hydrazone groups is 1. The Morgan fingerprint density at radius 3 is 2.75 bits per heavy atom. The van der Waals surface area contributed by atoms with Crippen molar-refractivity contribution in [3.8, 4) is 23.0 Å². The summed E-state index contributed by atoms with van der Waals surface area (Å²) in [6.45, 7) is 5.78. The Morgan fingerprint density at radius 2 is 2.00 bits per heavy atom. The predicted octanol–water partition coefficient (Wildman–Crippen LogP) is 2.50. The first-order chi connectivity index (χ1) is 13.6. The van der Waals surface area contributed by atoms with Gasteiger partial charge in [-0.2, -0.15) is 5.10 Å². The average molecular weight is 385 g/mol. The minimum absolute atomic E-state index is 0.0963. The van der Waals surface area contributed by atoms with Crippen molar-refractivity contribution >= 4 is 17.8 Å². The Labute approximate surface area is 163 Å². The van der Waals surface area contributed by atoms with Crippen LogP contribution in [0.2, 0.25) is 0 Å². The normalized spacial score (nSPS) is 12.2. The molecule has 28 heavy (non-hydrogen) atoms. The molecule has 0 spiro atoms. The van der Waals surface area contributed by atoms with Crippen molar-refractivity contribution in [3.63, 3.8) is 0 Å². The fourth-order valence-corrected chi connectivity index (χ4v) is 2.75. The molecule has 0 saturated heterocycles. The fraction of sp³-hybridized carbons (Fsp3) is 0.300. The minimum atomic E-state index is -0.423. The molecule has 1 aliphatic heterocycles. The van der Waals surface area contributed by atoms with Gasteiger partial charge in [0.25, 0.3) is 5.91 Å². The van der Waals surface area contributed by atoms with Crippen molar-refractivity contribution < 1.29 is 24.1 Å². The van der Waals surface area contributed by atoms with E-state index in [1.165, 1.54) is 6.21 Å². The molecule has 8 heteroatoms. The van der Waals surface area contributed by atoms with E-state index in [2.05, 4.69) is 29.3 Å². The van der Waals surface area contributed by atoms with Crippen LogP contribution in [0, 0.1) is 0 Å². The molecule has 2 aromatic carbocycles. The molecule has 2 N–H and O–H groups in total. The van der Waals surface area contributed by atoms with Crippen LogP contribution in [0.3, 0.4) is 0 Å². The van der Waals surface area contributed by atoms with E-state index in [4.69, 9.17) is 14.2 Å². The molecule has 0 unspecified atom stereocenters. The third kappa shape index (κ3) is 4.64. The number of hydrogen-bond acceptors (Lipinski definition) is 7. The number of nitrogens with one attached hydrogen (secondary N) is 1. The second-order valence-corrected chi connectivity index (χ2v) is 6.01. The number of benzene rings is 2. The van der Waals surface area contributed by atoms with Gasteiger partial charge in [-0.15, -0.1) is 0 Å². The van der Waals surface area contributed by atoms with Gasteiger partial charge < -0.3 is 24.2 Å². The summed E-state index contributed by atoms with van der Waals surface area (Å²) < 4.78 is 15.9. The zero-order valence-electron chi connectivity index (χ0n) is 15.8. The molecule has 0 radical (unpaired) electrons. The van der Waals surface area contributed by atoms with Crippen LogP contribution in [-0.4, -0.2) is 43.7 Å². The molecule has 1 amide bonds. The second kappa shape index (κ2) is 8.98. The van der Waals surface area contributed by atoms with Crippen LogP contribution in [0.15, 0.2) is 41.5 Å². The van der Waals surface area contributed by atoms with Gasteiger partial charge in [0.1, 0.15) is 11.5 Å². The zero-order chi connectivity index (χ0) is 19.9. The maximum atomic E-state index is 11.9. The van der Waals surface area contributed by atoms with Crippen LogP contribution in [-0.2, 0) is 4.79 Å². The fourth-order valence-electron chi connectivity index (χ4n) is 2.75. The monoisotopic (exact) mass is 385 g/mol. The molecule has 2 aromatic rings. The summed E-state index contributed by atoms with van der Waals surface area (Å²) in [5, 5.41) is 14.0. The quantitative estimate of drug-likeness (QED) is 0.536. The van der Waals surface area contributed by atoms with Crippen LogP contribution in [0.1, 0.15) is 19.4 Å². The lowest BCUT2D eigenvalue weighted by Crippen LogP contribution is -2.24. The highest BCUT2D eigenvalue weighted by Gasteiger charge is 2.14. The number of carbonyl (C=O) groups is 1. The van der Waals surface area contributed by atoms with Crippen LogP contribution >= 0.6 is 0 Å². The van der Waals surface area contributed by atoms with Crippen molar-refractivity contribution in [1.82, 2.24) is 5.43 Å². The number of rotatable bonds is 8. The zero-order valence-corrected chi connectivity index (χ0v) is 15.8. The molecule has 3 rings (SSSR count). The highest BCUT2D eigenvalue weighted by Crippen LogP contribution is 2.35. The number of anilines is 1. The maximum absolute atomic E-state index is 11.9. The molecule has 0 atom stereocenters. The van der Waals surface area contributed by atoms with E-state index in [1.54, 1.807) is 30.3 Å². The molecular weight excluding hydrogens is 362 g/mol. The SMILES string of the molecule is CCN(CC)c1ccc(/C=N\NC(=O)COc2ccc3c(c2)OCO3)c(O)c1. The molecular formula is C20H23N3O5. The standard InChI is InChI=1S/C20H23N3O5/c1-3-23(4-2)15-6-5-14(17(24)9-15)11-21-22-20(25)12-26-16-7-8-18-19(10-16)28-13-27-18/h5-11,24H,3-4,12-13H2,1-2H3,(H,22,25)/b21-11-. The lowest BCUT2D eigenvalue weighted by Gasteiger charge is -2.21. The van der Waals surface area contributed by atoms with Gasteiger partial charge in [-0.05, 0) is 38.1 Å². The van der Waals surface area contributed by atoms with E-state index in [9.17, 15) is 9.90 Å². The van der Waals surface area contributed by atoms with Gasteiger partial charge in [-0.3, -0.25) is 4.79 Å². The van der Waals surface area contributed by atoms with Crippen LogP contribution in [0.5, 0.6) is 23.0 Å². The summed E-state index contributed by atoms with van der Waals surface area (Å²) in [4.78, 5) is 14.0. The topological polar surface area (TPSA) is 92.6 Å². The lowest BCUT2D eigenvalue weighted by atomic mass is 10.2. The highest BCUT2D eigenvalue weighted by molar-refractivity contribution is 5.86. The van der Waals surface area contributed by atoms with Crippen molar-refractivity contribution in [1.29, 1.82) is 0 Å². The Balaban J connectivity index is 1.50. The molecule has 0 aliphatic carbocycles. The summed E-state index contributed by atoms with van der Waals surface area (Å²) in [5.74, 6) is 1.40. The molecule has 1 aliphatic rings. The van der Waals surface area contributed by atoms with Gasteiger partial charge in [-0.25, -0.2) is 5.43 Å². The first-order valence-corrected chi connectivity index (χ1v) is 9.03. The van der Waals surface area contributed by atoms with Crippen LogP contribution < -0.4 is 24.5 Å². The van der Waals surface area contributed by atoms with E-state index in [0.717, 1.165) is 18.8 Å². The van der Waals surface area contributed by atoms with E-state index < -0.39 is 5.91 Å². The van der Waals surface area contributed by atoms with Gasteiger partial charge in [0.2, 0.25) is 6.79 Å². The summed E-state index contributed by atoms with van der Waals surface area (Å²) in [7, 11) is 0. The van der Waals surface area contributed by atoms with Crippen molar-refractivity contribution in [2.75, 3.05) is 31.4 Å². The first-order valence-electron chi connectivity index (χ1n) is 9.03. The number of aromatic hydroxyl groups is 1. The maximum Gasteiger partial charge on any atom is 0.277 e. The van der Waals surface area contributed by atoms with Crippen molar-refractivity contribution in [2.24, 2.45) is 5.10 Å². The van der Waals surface area contributed by atoms with E-state index in [0.29, 0.717) is 22.8 Å². The number of fused-ring (bicyclic) bond motifs is 1. The Bertz CT molecular complexity index is 865. The number of nitrogens with zero attached hydrogens (tertiary/aromatic N) is 2. The number of phenols is 1. The van der Waals surface area contributed by atoms with E-state index >= 15 is 0 Å². The van der Waals surface area contributed by atoms with Crippen LogP contribution in [0.25, 0.3) is 0 Å². The summed E-state index contributed by atoms with van der Waals surface area (Å²) >= 11 is 0. The average Bonchev–Trinajstić information content (AvgIpc) is 3.17. The highest BCUT2D eigenvalue weighted by atomic mass is 16.7. The molecule has 0 aromatic heterocycles. The smallest absolute Gasteiger partial charge is 0.277 e. The van der Waals surface area contributed by atoms with Crippen molar-refractivity contribution in [2.45, 2.75) is 13.8 Å². The minimum Gasteiger partial charge on any atom is -0.507 e. The summed E-state index contributed by atoms with van der Waals surface area (Å²) in [5.41, 5.74) is 3.81. The van der Waals surface area contributed by atoms with Gasteiger partial charge >= 0.3 is 0 Å². The second-order valence-electron chi connectivity index (χ2n) is 6.01. The molecule has 148 valence electrons. The van der Waals surface area contributed by atoms with Gasteiger partial charge in [0.15, 0.2) is 18.1 Å². The van der Waals surface area contributed by atoms with Crippen molar-refractivity contribution in [3.05, 3.63) is 42.0 Å². The Morgan fingerprint density at radius 1 is 1.21 bits per heavy atom. The van der Waals surface area contributed by atoms with Crippen LogP contribution in [0.4, 0.5) is 5.69 Å². The lowest BCUT2D eigenvalue weighted by molar-refractivity contribution is -0.123. The number of carbonyl (C=O) groups excluding carboxylic acids is 1. The number of amides is 1. The van der Waals surface area contributed by atoms with Gasteiger partial charge in [0, 0.05) is 36.5 Å². The Kier molecular flexibility index (Phi) is 6.21. The molecule has 0 fully saturated rings. The first kappa shape index (κ1) is 19.3. The third-order valence-corrected chi connectivity index (χ3v) is 4.25. The summed E-state index contributed by atoms with van der Waals surface area (Å²) in [6.07, 6.45) is 1.39.